The molecule has 2 aromatic carbocycles. The third-order valence-corrected chi connectivity index (χ3v) is 9.64. The number of halogens is 3. The summed E-state index contributed by atoms with van der Waals surface area (Å²) in [5.41, 5.74) is 1.62. The number of aliphatic hydroxyl groups excluding tert-OH is 1. The standard InChI is InChI=1S/C27H28Cl2FN5O5S/c1-15(26(37)33-23(14-36)18-8-19(28)11-20(30)9-18)35-13-17-3-2-16(10-24(17)41(35,38)39)25-22(29)12-31-27(34-25)32-21-4-6-40-7-5-21/h2-3,8-12,15,21,23,36H,4-7,13-14H2,1H3,(H,33,37)(H,31,32,34)/t15-,23-/m1/s1. The van der Waals surface area contributed by atoms with Crippen LogP contribution in [-0.4, -0.2) is 65.6 Å². The third kappa shape index (κ3) is 6.32. The summed E-state index contributed by atoms with van der Waals surface area (Å²) in [5, 5.41) is 16.1. The van der Waals surface area contributed by atoms with Gasteiger partial charge in [0.25, 0.3) is 0 Å². The molecule has 2 aliphatic heterocycles. The zero-order chi connectivity index (χ0) is 29.3. The minimum absolute atomic E-state index is 0.0316. The Balaban J connectivity index is 1.35. The topological polar surface area (TPSA) is 134 Å². The number of nitrogens with one attached hydrogen (secondary N) is 2. The van der Waals surface area contributed by atoms with Crippen LogP contribution in [0.5, 0.6) is 0 Å². The molecular formula is C27H28Cl2FN5O5S. The van der Waals surface area contributed by atoms with Gasteiger partial charge < -0.3 is 20.5 Å². The minimum atomic E-state index is -4.07. The SMILES string of the molecule is C[C@H](C(=O)N[C@H](CO)c1cc(F)cc(Cl)c1)N1Cc2ccc(-c3nc(NC4CCOCC4)ncc3Cl)cc2S1(=O)=O. The average molecular weight is 625 g/mol. The summed E-state index contributed by atoms with van der Waals surface area (Å²) in [6.07, 6.45) is 3.10. The molecule has 0 aliphatic carbocycles. The van der Waals surface area contributed by atoms with Gasteiger partial charge in [-0.15, -0.1) is 0 Å². The van der Waals surface area contributed by atoms with Crippen LogP contribution >= 0.6 is 23.2 Å². The lowest BCUT2D eigenvalue weighted by Crippen LogP contribution is -2.46. The summed E-state index contributed by atoms with van der Waals surface area (Å²) in [6, 6.07) is 6.59. The Morgan fingerprint density at radius 2 is 1.98 bits per heavy atom. The van der Waals surface area contributed by atoms with Gasteiger partial charge in [0, 0.05) is 36.4 Å². The fraction of sp³-hybridized carbons (Fsp3) is 0.370. The first-order valence-electron chi connectivity index (χ1n) is 13.0. The maximum absolute atomic E-state index is 13.8. The van der Waals surface area contributed by atoms with Crippen LogP contribution in [0.1, 0.15) is 36.9 Å². The Morgan fingerprint density at radius 1 is 1.22 bits per heavy atom. The summed E-state index contributed by atoms with van der Waals surface area (Å²) in [7, 11) is -4.07. The van der Waals surface area contributed by atoms with Crippen molar-refractivity contribution in [3.63, 3.8) is 0 Å². The predicted octanol–water partition coefficient (Wildman–Crippen LogP) is 3.92. The Morgan fingerprint density at radius 3 is 2.68 bits per heavy atom. The van der Waals surface area contributed by atoms with Crippen molar-refractivity contribution in [2.45, 2.75) is 49.3 Å². The third-order valence-electron chi connectivity index (χ3n) is 7.15. The first-order valence-corrected chi connectivity index (χ1v) is 15.2. The number of hydrogen-bond acceptors (Lipinski definition) is 8. The molecule has 2 atom stereocenters. The van der Waals surface area contributed by atoms with E-state index in [-0.39, 0.29) is 33.1 Å². The molecule has 2 aliphatic rings. The van der Waals surface area contributed by atoms with Gasteiger partial charge in [0.2, 0.25) is 21.9 Å². The second-order valence-corrected chi connectivity index (χ2v) is 12.6. The van der Waals surface area contributed by atoms with Gasteiger partial charge in [0.15, 0.2) is 0 Å². The molecule has 14 heteroatoms. The number of aliphatic hydroxyl groups is 1. The molecule has 3 heterocycles. The molecule has 3 N–H and O–H groups in total. The lowest BCUT2D eigenvalue weighted by molar-refractivity contribution is -0.125. The van der Waals surface area contributed by atoms with E-state index in [1.807, 2.05) is 0 Å². The van der Waals surface area contributed by atoms with Crippen molar-refractivity contribution in [3.8, 4) is 11.3 Å². The van der Waals surface area contributed by atoms with Crippen LogP contribution in [0.15, 0.2) is 47.5 Å². The van der Waals surface area contributed by atoms with E-state index in [2.05, 4.69) is 20.6 Å². The van der Waals surface area contributed by atoms with E-state index in [0.717, 1.165) is 29.3 Å². The van der Waals surface area contributed by atoms with Crippen LogP contribution in [0.4, 0.5) is 10.3 Å². The van der Waals surface area contributed by atoms with Crippen LogP contribution < -0.4 is 10.6 Å². The van der Waals surface area contributed by atoms with E-state index in [1.165, 1.54) is 25.3 Å². The highest BCUT2D eigenvalue weighted by Gasteiger charge is 2.41. The van der Waals surface area contributed by atoms with Crippen LogP contribution in [0.25, 0.3) is 11.3 Å². The van der Waals surface area contributed by atoms with Crippen molar-refractivity contribution in [3.05, 3.63) is 69.6 Å². The van der Waals surface area contributed by atoms with Crippen molar-refractivity contribution in [2.75, 3.05) is 25.1 Å². The number of nitrogens with zero attached hydrogens (tertiary/aromatic N) is 3. The van der Waals surface area contributed by atoms with Crippen molar-refractivity contribution >= 4 is 45.1 Å². The van der Waals surface area contributed by atoms with Gasteiger partial charge in [-0.05, 0) is 55.2 Å². The highest BCUT2D eigenvalue weighted by atomic mass is 35.5. The van der Waals surface area contributed by atoms with E-state index in [0.29, 0.717) is 36.0 Å². The molecule has 1 saturated heterocycles. The highest BCUT2D eigenvalue weighted by Crippen LogP contribution is 2.36. The fourth-order valence-electron chi connectivity index (χ4n) is 4.89. The Bertz CT molecular complexity index is 1550. The fourth-order valence-corrected chi connectivity index (χ4v) is 7.14. The van der Waals surface area contributed by atoms with Gasteiger partial charge >= 0.3 is 0 Å². The first-order chi connectivity index (χ1) is 19.6. The minimum Gasteiger partial charge on any atom is -0.394 e. The van der Waals surface area contributed by atoms with Gasteiger partial charge in [-0.1, -0.05) is 35.3 Å². The van der Waals surface area contributed by atoms with E-state index in [9.17, 15) is 22.7 Å². The normalized spacial score (nSPS) is 18.5. The Kier molecular flexibility index (Phi) is 8.78. The summed E-state index contributed by atoms with van der Waals surface area (Å²) in [4.78, 5) is 22.0. The number of amides is 1. The number of anilines is 1. The van der Waals surface area contributed by atoms with Gasteiger partial charge in [0.05, 0.1) is 34.5 Å². The molecule has 0 spiro atoms. The van der Waals surface area contributed by atoms with Crippen LogP contribution in [-0.2, 0) is 26.1 Å². The Hall–Kier alpha value is -2.87. The number of ether oxygens (including phenoxy) is 1. The molecule has 3 aromatic rings. The average Bonchev–Trinajstić information content (AvgIpc) is 3.21. The Labute approximate surface area is 246 Å². The molecule has 0 saturated carbocycles. The molecule has 5 rings (SSSR count). The highest BCUT2D eigenvalue weighted by molar-refractivity contribution is 7.89. The number of rotatable bonds is 8. The second-order valence-electron chi connectivity index (χ2n) is 9.92. The summed E-state index contributed by atoms with van der Waals surface area (Å²) in [6.45, 7) is 2.17. The van der Waals surface area contributed by atoms with E-state index in [1.54, 1.807) is 12.1 Å². The second kappa shape index (κ2) is 12.2. The molecule has 10 nitrogen and oxygen atoms in total. The molecule has 218 valence electrons. The van der Waals surface area contributed by atoms with Crippen LogP contribution in [0.3, 0.4) is 0 Å². The van der Waals surface area contributed by atoms with Crippen molar-refractivity contribution in [1.82, 2.24) is 19.6 Å². The molecule has 0 unspecified atom stereocenters. The molecule has 1 fully saturated rings. The van der Waals surface area contributed by atoms with Gasteiger partial charge in [-0.2, -0.15) is 4.31 Å². The number of aromatic nitrogens is 2. The molecule has 0 bridgehead atoms. The van der Waals surface area contributed by atoms with E-state index >= 15 is 0 Å². The van der Waals surface area contributed by atoms with Gasteiger partial charge in [-0.3, -0.25) is 4.79 Å². The van der Waals surface area contributed by atoms with Gasteiger partial charge in [0.1, 0.15) is 11.9 Å². The zero-order valence-electron chi connectivity index (χ0n) is 22.0. The first kappa shape index (κ1) is 29.6. The largest absolute Gasteiger partial charge is 0.394 e. The van der Waals surface area contributed by atoms with E-state index in [4.69, 9.17) is 27.9 Å². The van der Waals surface area contributed by atoms with Crippen LogP contribution in [0.2, 0.25) is 10.0 Å². The predicted molar refractivity (Wildman–Crippen MR) is 152 cm³/mol. The molecule has 0 radical (unpaired) electrons. The van der Waals surface area contributed by atoms with Gasteiger partial charge in [-0.25, -0.2) is 22.8 Å². The number of benzene rings is 2. The van der Waals surface area contributed by atoms with E-state index < -0.39 is 40.4 Å². The monoisotopic (exact) mass is 623 g/mol. The summed E-state index contributed by atoms with van der Waals surface area (Å²) >= 11 is 12.3. The molecule has 41 heavy (non-hydrogen) atoms. The summed E-state index contributed by atoms with van der Waals surface area (Å²) < 4.78 is 47.5. The quantitative estimate of drug-likeness (QED) is 0.344. The maximum atomic E-state index is 13.8. The number of carbonyl (C=O) groups excluding carboxylic acids is 1. The lowest BCUT2D eigenvalue weighted by atomic mass is 10.1. The molecule has 1 amide bonds. The smallest absolute Gasteiger partial charge is 0.244 e. The molecule has 1 aromatic heterocycles. The van der Waals surface area contributed by atoms with Crippen LogP contribution in [0, 0.1) is 5.82 Å². The number of hydrogen-bond donors (Lipinski definition) is 3. The number of carbonyl (C=O) groups is 1. The number of sulfonamides is 1. The lowest BCUT2D eigenvalue weighted by Gasteiger charge is -2.25. The summed E-state index contributed by atoms with van der Waals surface area (Å²) in [5.74, 6) is -0.912. The zero-order valence-corrected chi connectivity index (χ0v) is 24.3. The maximum Gasteiger partial charge on any atom is 0.244 e. The molecular weight excluding hydrogens is 596 g/mol. The number of fused-ring (bicyclic) bond motifs is 1. The van der Waals surface area contributed by atoms with Crippen molar-refractivity contribution in [1.29, 1.82) is 0 Å². The van der Waals surface area contributed by atoms with Crippen molar-refractivity contribution in [2.24, 2.45) is 0 Å². The van der Waals surface area contributed by atoms with Crippen molar-refractivity contribution < 1.29 is 27.4 Å².